The zero-order valence-corrected chi connectivity index (χ0v) is 15.0. The molecule has 0 amide bonds. The second-order valence-corrected chi connectivity index (χ2v) is 6.56. The Morgan fingerprint density at radius 3 is 2.72 bits per heavy atom. The van der Waals surface area contributed by atoms with E-state index in [2.05, 4.69) is 33.4 Å². The van der Waals surface area contributed by atoms with Crippen LogP contribution in [0.15, 0.2) is 33.8 Å². The van der Waals surface area contributed by atoms with Gasteiger partial charge in [0.2, 0.25) is 11.8 Å². The smallest absolute Gasteiger partial charge is 0.226 e. The number of pyridine rings is 1. The molecule has 0 saturated heterocycles. The van der Waals surface area contributed by atoms with Gasteiger partial charge in [-0.1, -0.05) is 18.7 Å². The average molecular weight is 355 g/mol. The van der Waals surface area contributed by atoms with Crippen molar-refractivity contribution in [1.29, 1.82) is 0 Å². The number of hydrogen-bond donors (Lipinski definition) is 0. The largest absolute Gasteiger partial charge is 0.497 e. The first kappa shape index (κ1) is 15.9. The molecule has 0 aliphatic carbocycles. The Labute approximate surface area is 148 Å². The van der Waals surface area contributed by atoms with E-state index in [1.807, 2.05) is 29.5 Å². The number of ether oxygens (including phenoxy) is 1. The molecule has 0 spiro atoms. The van der Waals surface area contributed by atoms with Crippen LogP contribution in [0.4, 0.5) is 0 Å². The molecule has 4 rings (SSSR count). The third-order valence-corrected chi connectivity index (χ3v) is 4.92. The summed E-state index contributed by atoms with van der Waals surface area (Å²) in [6.07, 6.45) is 0.731. The molecule has 0 radical (unpaired) electrons. The lowest BCUT2D eigenvalue weighted by Crippen LogP contribution is -1.95. The zero-order valence-electron chi connectivity index (χ0n) is 14.2. The van der Waals surface area contributed by atoms with Crippen LogP contribution < -0.4 is 4.74 Å². The van der Waals surface area contributed by atoms with Gasteiger partial charge in [0, 0.05) is 17.9 Å². The van der Waals surface area contributed by atoms with Gasteiger partial charge in [0.1, 0.15) is 5.75 Å². The van der Waals surface area contributed by atoms with Crippen LogP contribution in [-0.2, 0) is 12.2 Å². The summed E-state index contributed by atoms with van der Waals surface area (Å²) in [4.78, 5) is 0. The van der Waals surface area contributed by atoms with E-state index in [0.717, 1.165) is 39.4 Å². The Morgan fingerprint density at radius 2 is 1.96 bits per heavy atom. The summed E-state index contributed by atoms with van der Waals surface area (Å²) in [5, 5.41) is 18.6. The summed E-state index contributed by atoms with van der Waals surface area (Å²) < 4.78 is 13.0. The van der Waals surface area contributed by atoms with E-state index in [4.69, 9.17) is 9.15 Å². The quantitative estimate of drug-likeness (QED) is 0.507. The summed E-state index contributed by atoms with van der Waals surface area (Å²) in [5.74, 6) is 2.58. The van der Waals surface area contributed by atoms with E-state index >= 15 is 0 Å². The highest BCUT2D eigenvalue weighted by molar-refractivity contribution is 7.98. The number of methoxy groups -OCH3 is 1. The molecule has 0 aliphatic rings. The highest BCUT2D eigenvalue weighted by Crippen LogP contribution is 2.29. The number of aromatic nitrogens is 5. The van der Waals surface area contributed by atoms with Gasteiger partial charge in [0.15, 0.2) is 10.8 Å². The van der Waals surface area contributed by atoms with Gasteiger partial charge < -0.3 is 9.15 Å². The van der Waals surface area contributed by atoms with Crippen LogP contribution >= 0.6 is 11.8 Å². The molecule has 0 atom stereocenters. The molecule has 0 unspecified atom stereocenters. The normalized spacial score (nSPS) is 11.5. The van der Waals surface area contributed by atoms with Crippen molar-refractivity contribution < 1.29 is 9.15 Å². The van der Waals surface area contributed by atoms with Gasteiger partial charge >= 0.3 is 0 Å². The Bertz CT molecular complexity index is 1060. The predicted octanol–water partition coefficient (Wildman–Crippen LogP) is 3.44. The molecule has 0 fully saturated rings. The third kappa shape index (κ3) is 2.82. The molecule has 25 heavy (non-hydrogen) atoms. The first-order chi connectivity index (χ1) is 12.2. The number of thioether (sulfide) groups is 1. The van der Waals surface area contributed by atoms with Crippen molar-refractivity contribution in [2.45, 2.75) is 31.2 Å². The first-order valence-electron chi connectivity index (χ1n) is 7.96. The number of benzene rings is 1. The third-order valence-electron chi connectivity index (χ3n) is 4.01. The summed E-state index contributed by atoms with van der Waals surface area (Å²) in [6, 6.07) is 8.06. The summed E-state index contributed by atoms with van der Waals surface area (Å²) in [6.45, 7) is 4.05. The SMILES string of the molecule is CCc1nnc(CSc2nnc3cc(C)c4ccc(OC)cc4n23)o1. The van der Waals surface area contributed by atoms with Gasteiger partial charge in [-0.2, -0.15) is 0 Å². The maximum absolute atomic E-state index is 5.57. The fraction of sp³-hybridized carbons (Fsp3) is 0.294. The maximum atomic E-state index is 5.57. The maximum Gasteiger partial charge on any atom is 0.226 e. The Balaban J connectivity index is 1.77. The number of nitrogens with zero attached hydrogens (tertiary/aromatic N) is 5. The van der Waals surface area contributed by atoms with Crippen molar-refractivity contribution >= 4 is 28.3 Å². The van der Waals surface area contributed by atoms with Crippen molar-refractivity contribution in [3.8, 4) is 5.75 Å². The molecule has 0 saturated carbocycles. The van der Waals surface area contributed by atoms with Gasteiger partial charge in [0.25, 0.3) is 0 Å². The Kier molecular flexibility index (Phi) is 4.04. The van der Waals surface area contributed by atoms with Crippen molar-refractivity contribution in [3.63, 3.8) is 0 Å². The van der Waals surface area contributed by atoms with Gasteiger partial charge in [-0.15, -0.1) is 20.4 Å². The molecule has 128 valence electrons. The van der Waals surface area contributed by atoms with Crippen LogP contribution in [0.25, 0.3) is 16.6 Å². The lowest BCUT2D eigenvalue weighted by atomic mass is 10.1. The Hall–Kier alpha value is -2.61. The van der Waals surface area contributed by atoms with Crippen LogP contribution in [-0.4, -0.2) is 31.9 Å². The van der Waals surface area contributed by atoms with E-state index in [9.17, 15) is 0 Å². The predicted molar refractivity (Wildman–Crippen MR) is 95.0 cm³/mol. The standard InChI is InChI=1S/C17H17N5O2S/c1-4-15-19-20-16(24-15)9-25-17-21-18-14-7-10(2)12-6-5-11(23-3)8-13(12)22(14)17/h5-8H,4,9H2,1-3H3. The molecule has 0 N–H and O–H groups in total. The van der Waals surface area contributed by atoms with Crippen LogP contribution in [0.1, 0.15) is 24.3 Å². The number of rotatable bonds is 5. The molecule has 4 aromatic rings. The topological polar surface area (TPSA) is 78.3 Å². The second-order valence-electron chi connectivity index (χ2n) is 5.62. The number of fused-ring (bicyclic) bond motifs is 3. The lowest BCUT2D eigenvalue weighted by Gasteiger charge is -2.09. The highest BCUT2D eigenvalue weighted by atomic mass is 32.2. The van der Waals surface area contributed by atoms with Crippen molar-refractivity contribution in [2.24, 2.45) is 0 Å². The Morgan fingerprint density at radius 1 is 1.12 bits per heavy atom. The van der Waals surface area contributed by atoms with Crippen LogP contribution in [0.2, 0.25) is 0 Å². The zero-order chi connectivity index (χ0) is 17.4. The molecular formula is C17H17N5O2S. The summed E-state index contributed by atoms with van der Waals surface area (Å²) in [7, 11) is 1.66. The molecule has 7 nitrogen and oxygen atoms in total. The van der Waals surface area contributed by atoms with Gasteiger partial charge in [-0.25, -0.2) is 0 Å². The van der Waals surface area contributed by atoms with E-state index < -0.39 is 0 Å². The van der Waals surface area contributed by atoms with Gasteiger partial charge in [0.05, 0.1) is 18.4 Å². The monoisotopic (exact) mass is 355 g/mol. The second kappa shape index (κ2) is 6.36. The molecule has 0 aliphatic heterocycles. The van der Waals surface area contributed by atoms with Crippen LogP contribution in [0.3, 0.4) is 0 Å². The van der Waals surface area contributed by atoms with E-state index in [1.54, 1.807) is 7.11 Å². The molecule has 0 bridgehead atoms. The van der Waals surface area contributed by atoms with Gasteiger partial charge in [-0.05, 0) is 30.7 Å². The fourth-order valence-corrected chi connectivity index (χ4v) is 3.53. The first-order valence-corrected chi connectivity index (χ1v) is 8.94. The minimum absolute atomic E-state index is 0.549. The minimum atomic E-state index is 0.549. The lowest BCUT2D eigenvalue weighted by molar-refractivity contribution is 0.415. The van der Waals surface area contributed by atoms with Crippen LogP contribution in [0, 0.1) is 6.92 Å². The van der Waals surface area contributed by atoms with Crippen LogP contribution in [0.5, 0.6) is 5.75 Å². The van der Waals surface area contributed by atoms with Gasteiger partial charge in [-0.3, -0.25) is 4.40 Å². The van der Waals surface area contributed by atoms with E-state index in [1.165, 1.54) is 11.8 Å². The van der Waals surface area contributed by atoms with Crippen molar-refractivity contribution in [2.75, 3.05) is 7.11 Å². The van der Waals surface area contributed by atoms with E-state index in [-0.39, 0.29) is 0 Å². The number of hydrogen-bond acceptors (Lipinski definition) is 7. The van der Waals surface area contributed by atoms with E-state index in [0.29, 0.717) is 17.5 Å². The minimum Gasteiger partial charge on any atom is -0.497 e. The summed E-state index contributed by atoms with van der Waals surface area (Å²) in [5.41, 5.74) is 2.97. The highest BCUT2D eigenvalue weighted by Gasteiger charge is 2.14. The van der Waals surface area contributed by atoms with Crippen molar-refractivity contribution in [3.05, 3.63) is 41.6 Å². The molecule has 3 aromatic heterocycles. The molecule has 3 heterocycles. The summed E-state index contributed by atoms with van der Waals surface area (Å²) >= 11 is 1.52. The average Bonchev–Trinajstić information content (AvgIpc) is 3.26. The molecular weight excluding hydrogens is 338 g/mol. The van der Waals surface area contributed by atoms with Crippen molar-refractivity contribution in [1.82, 2.24) is 24.8 Å². The molecule has 1 aromatic carbocycles. The fourth-order valence-electron chi connectivity index (χ4n) is 2.74. The molecule has 8 heteroatoms. The number of aryl methyl sites for hydroxylation is 2.